The van der Waals surface area contributed by atoms with Crippen LogP contribution in [0.4, 0.5) is 0 Å². The maximum Gasteiger partial charge on any atom is 0.306 e. The first-order valence-electron chi connectivity index (χ1n) is 13.7. The highest BCUT2D eigenvalue weighted by Crippen LogP contribution is 2.55. The predicted octanol–water partition coefficient (Wildman–Crippen LogP) is 8.00. The third kappa shape index (κ3) is 7.66. The van der Waals surface area contributed by atoms with Gasteiger partial charge in [-0.05, 0) is 85.5 Å². The highest BCUT2D eigenvalue weighted by molar-refractivity contribution is 6.31. The molecule has 0 aliphatic heterocycles. The Bertz CT molecular complexity index is 1230. The Labute approximate surface area is 226 Å². The van der Waals surface area contributed by atoms with Gasteiger partial charge in [0.1, 0.15) is 6.61 Å². The van der Waals surface area contributed by atoms with E-state index in [9.17, 15) is 4.79 Å². The Morgan fingerprint density at radius 2 is 1.86 bits per heavy atom. The first-order valence-corrected chi connectivity index (χ1v) is 14.0. The fourth-order valence-corrected chi connectivity index (χ4v) is 5.30. The van der Waals surface area contributed by atoms with E-state index in [0.717, 1.165) is 67.5 Å². The van der Waals surface area contributed by atoms with E-state index in [2.05, 4.69) is 68.2 Å². The normalized spacial score (nSPS) is 15.4. The number of carbonyl (C=O) groups is 1. The van der Waals surface area contributed by atoms with Crippen LogP contribution in [0.2, 0.25) is 5.02 Å². The summed E-state index contributed by atoms with van der Waals surface area (Å²) in [4.78, 5) is 19.6. The second-order valence-electron chi connectivity index (χ2n) is 10.3. The molecule has 196 valence electrons. The molecule has 4 rings (SSSR count). The van der Waals surface area contributed by atoms with Gasteiger partial charge in [0.25, 0.3) is 0 Å². The van der Waals surface area contributed by atoms with E-state index >= 15 is 0 Å². The Morgan fingerprint density at radius 1 is 1.08 bits per heavy atom. The molecule has 1 saturated carbocycles. The van der Waals surface area contributed by atoms with E-state index in [0.29, 0.717) is 24.0 Å². The second kappa shape index (κ2) is 12.7. The molecule has 0 radical (unpaired) electrons. The van der Waals surface area contributed by atoms with Gasteiger partial charge in [-0.15, -0.1) is 0 Å². The van der Waals surface area contributed by atoms with Gasteiger partial charge in [0, 0.05) is 17.0 Å². The molecule has 0 amide bonds. The van der Waals surface area contributed by atoms with Gasteiger partial charge >= 0.3 is 5.97 Å². The zero-order valence-corrected chi connectivity index (χ0v) is 23.1. The molecular formula is C32H39ClN2O2. The largest absolute Gasteiger partial charge is 0.464 e. The van der Waals surface area contributed by atoms with Crippen LogP contribution >= 0.6 is 11.6 Å². The summed E-state index contributed by atoms with van der Waals surface area (Å²) in [7, 11) is 0. The third-order valence-electron chi connectivity index (χ3n) is 7.72. The molecule has 0 saturated heterocycles. The fourth-order valence-electron chi connectivity index (χ4n) is 5.13. The number of hydrogen-bond donors (Lipinski definition) is 0. The van der Waals surface area contributed by atoms with E-state index < -0.39 is 0 Å². The van der Waals surface area contributed by atoms with Crippen molar-refractivity contribution in [1.82, 2.24) is 9.88 Å². The number of benzene rings is 2. The van der Waals surface area contributed by atoms with E-state index in [4.69, 9.17) is 21.3 Å². The number of halogens is 1. The lowest BCUT2D eigenvalue weighted by atomic mass is 9.83. The van der Waals surface area contributed by atoms with Gasteiger partial charge in [-0.1, -0.05) is 74.8 Å². The molecule has 2 aromatic carbocycles. The minimum atomic E-state index is -0.0413. The van der Waals surface area contributed by atoms with Gasteiger partial charge in [-0.3, -0.25) is 4.79 Å². The van der Waals surface area contributed by atoms with E-state index in [1.165, 1.54) is 5.56 Å². The number of likely N-dealkylation sites (N-methyl/N-ethyl adjacent to an activating group) is 1. The maximum atomic E-state index is 12.6. The third-order valence-corrected chi connectivity index (χ3v) is 7.95. The molecule has 1 aliphatic rings. The highest BCUT2D eigenvalue weighted by Gasteiger charge is 2.46. The molecule has 5 heteroatoms. The average molecular weight is 519 g/mol. The number of fused-ring (bicyclic) bond motifs is 1. The Balaban J connectivity index is 1.37. The Kier molecular flexibility index (Phi) is 9.39. The topological polar surface area (TPSA) is 42.4 Å². The summed E-state index contributed by atoms with van der Waals surface area (Å²) in [6, 6.07) is 18.6. The van der Waals surface area contributed by atoms with Gasteiger partial charge < -0.3 is 9.64 Å². The molecule has 1 aromatic heterocycles. The van der Waals surface area contributed by atoms with E-state index in [-0.39, 0.29) is 11.4 Å². The van der Waals surface area contributed by atoms with Crippen molar-refractivity contribution in [3.05, 3.63) is 76.4 Å². The molecule has 37 heavy (non-hydrogen) atoms. The standard InChI is InChI=1S/C32H39ClN2O2/c1-4-25(22-32(16-17-32)23-31(36)37-19-18-35(5-2)6-3)27-9-7-8-24(20-27)10-14-29-15-12-26-11-13-28(33)21-30(26)34-29/h7-15,20-21,25H,4-6,16-19,22-23H2,1-3H3. The molecule has 0 N–H and O–H groups in total. The molecule has 0 spiro atoms. The molecule has 3 aromatic rings. The minimum absolute atomic E-state index is 0.0413. The molecule has 1 fully saturated rings. The van der Waals surface area contributed by atoms with Crippen LogP contribution in [0.25, 0.3) is 23.1 Å². The monoisotopic (exact) mass is 518 g/mol. The lowest BCUT2D eigenvalue weighted by Gasteiger charge is -2.23. The van der Waals surface area contributed by atoms with Gasteiger partial charge in [-0.25, -0.2) is 4.98 Å². The smallest absolute Gasteiger partial charge is 0.306 e. The van der Waals surface area contributed by atoms with Crippen molar-refractivity contribution in [3.63, 3.8) is 0 Å². The van der Waals surface area contributed by atoms with Crippen molar-refractivity contribution < 1.29 is 9.53 Å². The van der Waals surface area contributed by atoms with Crippen LogP contribution in [-0.2, 0) is 9.53 Å². The van der Waals surface area contributed by atoms with Crippen molar-refractivity contribution in [2.45, 2.75) is 58.8 Å². The quantitative estimate of drug-likeness (QED) is 0.215. The number of aromatic nitrogens is 1. The first-order chi connectivity index (χ1) is 17.9. The van der Waals surface area contributed by atoms with Crippen molar-refractivity contribution in [1.29, 1.82) is 0 Å². The second-order valence-corrected chi connectivity index (χ2v) is 10.7. The zero-order valence-electron chi connectivity index (χ0n) is 22.4. The number of ether oxygens (including phenoxy) is 1. The SMILES string of the molecule is CCC(CC1(CC(=O)OCCN(CC)CC)CC1)c1cccc(C=Cc2ccc3ccc(Cl)cc3n2)c1. The zero-order chi connectivity index (χ0) is 26.3. The summed E-state index contributed by atoms with van der Waals surface area (Å²) in [6.07, 6.45) is 9.04. The number of carbonyl (C=O) groups excluding carboxylic acids is 1. The molecule has 4 nitrogen and oxygen atoms in total. The Morgan fingerprint density at radius 3 is 2.59 bits per heavy atom. The van der Waals surface area contributed by atoms with Crippen LogP contribution in [-0.4, -0.2) is 42.1 Å². The van der Waals surface area contributed by atoms with Gasteiger partial charge in [0.15, 0.2) is 0 Å². The highest BCUT2D eigenvalue weighted by atomic mass is 35.5. The van der Waals surface area contributed by atoms with Gasteiger partial charge in [0.05, 0.1) is 17.6 Å². The number of nitrogens with zero attached hydrogens (tertiary/aromatic N) is 2. The number of pyridine rings is 1. The summed E-state index contributed by atoms with van der Waals surface area (Å²) in [5, 5.41) is 1.77. The van der Waals surface area contributed by atoms with Gasteiger partial charge in [-0.2, -0.15) is 0 Å². The number of hydrogen-bond acceptors (Lipinski definition) is 4. The molecule has 1 aliphatic carbocycles. The van der Waals surface area contributed by atoms with Crippen molar-refractivity contribution in [3.8, 4) is 0 Å². The summed E-state index contributed by atoms with van der Waals surface area (Å²) in [5.74, 6) is 0.389. The van der Waals surface area contributed by atoms with Crippen LogP contribution in [0, 0.1) is 5.41 Å². The Hall–Kier alpha value is -2.69. The summed E-state index contributed by atoms with van der Waals surface area (Å²) in [6.45, 7) is 9.78. The van der Waals surface area contributed by atoms with Gasteiger partial charge in [0.2, 0.25) is 0 Å². The van der Waals surface area contributed by atoms with Crippen molar-refractivity contribution in [2.75, 3.05) is 26.2 Å². The fraction of sp³-hybridized carbons (Fsp3) is 0.438. The van der Waals surface area contributed by atoms with Crippen LogP contribution in [0.15, 0.2) is 54.6 Å². The average Bonchev–Trinajstić information content (AvgIpc) is 3.67. The molecule has 1 unspecified atom stereocenters. The number of rotatable bonds is 13. The molecule has 1 atom stereocenters. The van der Waals surface area contributed by atoms with Crippen LogP contribution in [0.1, 0.15) is 75.6 Å². The minimum Gasteiger partial charge on any atom is -0.464 e. The van der Waals surface area contributed by atoms with E-state index in [1.54, 1.807) is 0 Å². The lowest BCUT2D eigenvalue weighted by molar-refractivity contribution is -0.145. The molecule has 0 bridgehead atoms. The van der Waals surface area contributed by atoms with Crippen molar-refractivity contribution >= 4 is 40.6 Å². The predicted molar refractivity (Wildman–Crippen MR) is 155 cm³/mol. The van der Waals surface area contributed by atoms with Crippen LogP contribution < -0.4 is 0 Å². The lowest BCUT2D eigenvalue weighted by Crippen LogP contribution is -2.28. The summed E-state index contributed by atoms with van der Waals surface area (Å²) in [5.41, 5.74) is 4.41. The first kappa shape index (κ1) is 27.3. The van der Waals surface area contributed by atoms with Crippen LogP contribution in [0.5, 0.6) is 0 Å². The summed E-state index contributed by atoms with van der Waals surface area (Å²) < 4.78 is 5.60. The summed E-state index contributed by atoms with van der Waals surface area (Å²) >= 11 is 6.14. The molecular weight excluding hydrogens is 480 g/mol. The number of esters is 1. The van der Waals surface area contributed by atoms with Crippen LogP contribution in [0.3, 0.4) is 0 Å². The maximum absolute atomic E-state index is 12.6. The van der Waals surface area contributed by atoms with E-state index in [1.807, 2.05) is 24.3 Å². The van der Waals surface area contributed by atoms with Crippen molar-refractivity contribution in [2.24, 2.45) is 5.41 Å². The molecule has 1 heterocycles.